The van der Waals surface area contributed by atoms with Gasteiger partial charge < -0.3 is 9.84 Å². The molecule has 2 atom stereocenters. The predicted octanol–water partition coefficient (Wildman–Crippen LogP) is 2.79. The van der Waals surface area contributed by atoms with Crippen molar-refractivity contribution in [3.63, 3.8) is 0 Å². The van der Waals surface area contributed by atoms with Gasteiger partial charge in [0, 0.05) is 17.7 Å². The Balaban J connectivity index is 1.50. The number of nitrogens with zero attached hydrogens (tertiary/aromatic N) is 1. The molecule has 1 heterocycles. The lowest BCUT2D eigenvalue weighted by molar-refractivity contribution is 0.155. The van der Waals surface area contributed by atoms with Crippen LogP contribution in [-0.4, -0.2) is 27.5 Å². The number of rotatable bonds is 4. The first-order valence-corrected chi connectivity index (χ1v) is 7.42. The van der Waals surface area contributed by atoms with Gasteiger partial charge in [-0.05, 0) is 24.8 Å². The normalized spacial score (nSPS) is 20.8. The van der Waals surface area contributed by atoms with Gasteiger partial charge in [0.15, 0.2) is 5.82 Å². The molecule has 22 heavy (non-hydrogen) atoms. The SMILES string of the molecule is O=C(Nc1cc([C@H]2CC[C@@H](O)C2)[nH]n1)OCc1ccccc1. The highest BCUT2D eigenvalue weighted by Gasteiger charge is 2.25. The Labute approximate surface area is 128 Å². The standard InChI is InChI=1S/C16H19N3O3/c20-13-7-6-12(8-13)14-9-15(19-18-14)17-16(21)22-10-11-4-2-1-3-5-11/h1-5,9,12-13,20H,6-8,10H2,(H2,17,18,19,21)/t12-,13+/m0/s1. The second kappa shape index (κ2) is 6.62. The Kier molecular flexibility index (Phi) is 4.39. The highest BCUT2D eigenvalue weighted by atomic mass is 16.5. The summed E-state index contributed by atoms with van der Waals surface area (Å²) in [7, 11) is 0. The van der Waals surface area contributed by atoms with Crippen molar-refractivity contribution in [3.05, 3.63) is 47.7 Å². The highest BCUT2D eigenvalue weighted by molar-refractivity contribution is 5.83. The zero-order valence-electron chi connectivity index (χ0n) is 12.2. The molecule has 0 aliphatic heterocycles. The molecule has 0 spiro atoms. The number of ether oxygens (including phenoxy) is 1. The predicted molar refractivity (Wildman–Crippen MR) is 81.4 cm³/mol. The Hall–Kier alpha value is -2.34. The second-order valence-corrected chi connectivity index (χ2v) is 5.56. The number of aromatic nitrogens is 2. The third kappa shape index (κ3) is 3.65. The van der Waals surface area contributed by atoms with Crippen LogP contribution in [0, 0.1) is 0 Å². The molecule has 0 saturated heterocycles. The zero-order valence-corrected chi connectivity index (χ0v) is 12.2. The van der Waals surface area contributed by atoms with Gasteiger partial charge in [0.25, 0.3) is 0 Å². The molecular weight excluding hydrogens is 282 g/mol. The van der Waals surface area contributed by atoms with Crippen LogP contribution in [0.15, 0.2) is 36.4 Å². The fourth-order valence-corrected chi connectivity index (χ4v) is 2.71. The molecule has 1 aliphatic rings. The van der Waals surface area contributed by atoms with Crippen molar-refractivity contribution in [1.29, 1.82) is 0 Å². The molecule has 1 saturated carbocycles. The number of carbonyl (C=O) groups is 1. The fraction of sp³-hybridized carbons (Fsp3) is 0.375. The van der Waals surface area contributed by atoms with E-state index in [1.165, 1.54) is 0 Å². The quantitative estimate of drug-likeness (QED) is 0.810. The number of anilines is 1. The van der Waals surface area contributed by atoms with E-state index in [1.807, 2.05) is 30.3 Å². The van der Waals surface area contributed by atoms with Crippen LogP contribution in [0.1, 0.15) is 36.4 Å². The summed E-state index contributed by atoms with van der Waals surface area (Å²) < 4.78 is 5.14. The van der Waals surface area contributed by atoms with E-state index in [0.717, 1.165) is 30.5 Å². The lowest BCUT2D eigenvalue weighted by Crippen LogP contribution is -2.13. The molecule has 1 aromatic heterocycles. The number of hydrogen-bond donors (Lipinski definition) is 3. The van der Waals surface area contributed by atoms with Gasteiger partial charge in [0.2, 0.25) is 0 Å². The monoisotopic (exact) mass is 301 g/mol. The molecule has 0 unspecified atom stereocenters. The Morgan fingerprint density at radius 3 is 2.91 bits per heavy atom. The number of aliphatic hydroxyl groups excluding tert-OH is 1. The molecule has 116 valence electrons. The van der Waals surface area contributed by atoms with Gasteiger partial charge in [0.1, 0.15) is 6.61 Å². The summed E-state index contributed by atoms with van der Waals surface area (Å²) in [6.45, 7) is 0.221. The number of aromatic amines is 1. The molecule has 0 radical (unpaired) electrons. The minimum Gasteiger partial charge on any atom is -0.444 e. The molecule has 3 N–H and O–H groups in total. The number of hydrogen-bond acceptors (Lipinski definition) is 4. The van der Waals surface area contributed by atoms with Gasteiger partial charge in [-0.1, -0.05) is 30.3 Å². The van der Waals surface area contributed by atoms with Crippen molar-refractivity contribution >= 4 is 11.9 Å². The van der Waals surface area contributed by atoms with Gasteiger partial charge in [-0.2, -0.15) is 5.10 Å². The molecule has 1 aromatic carbocycles. The van der Waals surface area contributed by atoms with E-state index in [-0.39, 0.29) is 18.6 Å². The number of amides is 1. The van der Waals surface area contributed by atoms with Crippen molar-refractivity contribution in [2.24, 2.45) is 0 Å². The lowest BCUT2D eigenvalue weighted by atomic mass is 10.0. The van der Waals surface area contributed by atoms with Crippen molar-refractivity contribution in [3.8, 4) is 0 Å². The molecule has 3 rings (SSSR count). The summed E-state index contributed by atoms with van der Waals surface area (Å²) in [6, 6.07) is 11.3. The maximum Gasteiger partial charge on any atom is 0.413 e. The minimum atomic E-state index is -0.534. The smallest absolute Gasteiger partial charge is 0.413 e. The third-order valence-electron chi connectivity index (χ3n) is 3.89. The van der Waals surface area contributed by atoms with Gasteiger partial charge in [-0.3, -0.25) is 10.4 Å². The fourth-order valence-electron chi connectivity index (χ4n) is 2.71. The number of H-pyrrole nitrogens is 1. The molecular formula is C16H19N3O3. The van der Waals surface area contributed by atoms with Crippen molar-refractivity contribution in [2.45, 2.75) is 37.9 Å². The summed E-state index contributed by atoms with van der Waals surface area (Å²) in [5.74, 6) is 0.716. The Morgan fingerprint density at radius 2 is 2.18 bits per heavy atom. The Morgan fingerprint density at radius 1 is 1.36 bits per heavy atom. The van der Waals surface area contributed by atoms with Gasteiger partial charge in [0.05, 0.1) is 6.10 Å². The summed E-state index contributed by atoms with van der Waals surface area (Å²) in [5.41, 5.74) is 1.87. The first-order chi connectivity index (χ1) is 10.7. The average Bonchev–Trinajstić information content (AvgIpc) is 3.15. The van der Waals surface area contributed by atoms with E-state index < -0.39 is 6.09 Å². The molecule has 1 aliphatic carbocycles. The molecule has 1 fully saturated rings. The minimum absolute atomic E-state index is 0.221. The van der Waals surface area contributed by atoms with Crippen LogP contribution in [-0.2, 0) is 11.3 Å². The number of nitrogens with one attached hydrogen (secondary N) is 2. The third-order valence-corrected chi connectivity index (χ3v) is 3.89. The van der Waals surface area contributed by atoms with Gasteiger partial charge >= 0.3 is 6.09 Å². The average molecular weight is 301 g/mol. The summed E-state index contributed by atoms with van der Waals surface area (Å²) >= 11 is 0. The highest BCUT2D eigenvalue weighted by Crippen LogP contribution is 2.34. The number of carbonyl (C=O) groups excluding carboxylic acids is 1. The van der Waals surface area contributed by atoms with E-state index in [1.54, 1.807) is 6.07 Å². The second-order valence-electron chi connectivity index (χ2n) is 5.56. The molecule has 2 aromatic rings. The van der Waals surface area contributed by atoms with Crippen LogP contribution in [0.5, 0.6) is 0 Å². The van der Waals surface area contributed by atoms with Crippen LogP contribution >= 0.6 is 0 Å². The van der Waals surface area contributed by atoms with Crippen LogP contribution in [0.2, 0.25) is 0 Å². The van der Waals surface area contributed by atoms with E-state index in [9.17, 15) is 9.90 Å². The zero-order chi connectivity index (χ0) is 15.4. The first kappa shape index (κ1) is 14.6. The molecule has 1 amide bonds. The molecule has 6 heteroatoms. The maximum absolute atomic E-state index is 11.7. The van der Waals surface area contributed by atoms with Crippen molar-refractivity contribution in [2.75, 3.05) is 5.32 Å². The van der Waals surface area contributed by atoms with Crippen LogP contribution in [0.4, 0.5) is 10.6 Å². The number of aliphatic hydroxyl groups is 1. The maximum atomic E-state index is 11.7. The summed E-state index contributed by atoms with van der Waals surface area (Å²) in [5, 5.41) is 19.1. The van der Waals surface area contributed by atoms with E-state index in [0.29, 0.717) is 5.82 Å². The van der Waals surface area contributed by atoms with Crippen LogP contribution in [0.25, 0.3) is 0 Å². The van der Waals surface area contributed by atoms with E-state index in [4.69, 9.17) is 4.74 Å². The first-order valence-electron chi connectivity index (χ1n) is 7.42. The topological polar surface area (TPSA) is 87.2 Å². The Bertz CT molecular complexity index is 627. The van der Waals surface area contributed by atoms with Crippen molar-refractivity contribution in [1.82, 2.24) is 10.2 Å². The van der Waals surface area contributed by atoms with Gasteiger partial charge in [-0.15, -0.1) is 0 Å². The van der Waals surface area contributed by atoms with Crippen LogP contribution < -0.4 is 5.32 Å². The number of benzene rings is 1. The van der Waals surface area contributed by atoms with E-state index in [2.05, 4.69) is 15.5 Å². The van der Waals surface area contributed by atoms with E-state index >= 15 is 0 Å². The lowest BCUT2D eigenvalue weighted by Gasteiger charge is -2.05. The summed E-state index contributed by atoms with van der Waals surface area (Å²) in [6.07, 6.45) is 1.71. The van der Waals surface area contributed by atoms with Gasteiger partial charge in [-0.25, -0.2) is 4.79 Å². The van der Waals surface area contributed by atoms with Crippen molar-refractivity contribution < 1.29 is 14.6 Å². The summed E-state index contributed by atoms with van der Waals surface area (Å²) in [4.78, 5) is 11.7. The molecule has 0 bridgehead atoms. The molecule has 6 nitrogen and oxygen atoms in total. The largest absolute Gasteiger partial charge is 0.444 e. The van der Waals surface area contributed by atoms with Crippen LogP contribution in [0.3, 0.4) is 0 Å².